The molecule has 1 aromatic heterocycles. The first-order valence-corrected chi connectivity index (χ1v) is 13.7. The van der Waals surface area contributed by atoms with Crippen molar-refractivity contribution in [2.75, 3.05) is 24.5 Å². The molecule has 184 valence electrons. The number of carbonyl (C=O) groups is 1. The molecule has 3 heterocycles. The molecule has 2 fully saturated rings. The van der Waals surface area contributed by atoms with Gasteiger partial charge in [-0.05, 0) is 43.7 Å². The number of hydrogen-bond donors (Lipinski definition) is 0. The first kappa shape index (κ1) is 26.5. The quantitative estimate of drug-likeness (QED) is 0.258. The highest BCUT2D eigenvalue weighted by Gasteiger charge is 2.33. The summed E-state index contributed by atoms with van der Waals surface area (Å²) in [7, 11) is 1.72. The van der Waals surface area contributed by atoms with Gasteiger partial charge >= 0.3 is 0 Å². The SMILES string of the molecule is CCCCCCCCN1C(=O)C(=Cc2c(C)c(C#N)c(=O)n(C)c2N2CCC(C)CC2)SC1=S. The number of aromatic nitrogens is 1. The van der Waals surface area contributed by atoms with E-state index in [0.717, 1.165) is 50.2 Å². The predicted octanol–water partition coefficient (Wildman–Crippen LogP) is 5.36. The molecular formula is C26H36N4O2S2. The van der Waals surface area contributed by atoms with Crippen LogP contribution in [0.5, 0.6) is 0 Å². The molecule has 8 heteroatoms. The third-order valence-corrected chi connectivity index (χ3v) is 8.31. The Morgan fingerprint density at radius 1 is 1.15 bits per heavy atom. The molecule has 2 aliphatic heterocycles. The van der Waals surface area contributed by atoms with Gasteiger partial charge in [-0.15, -0.1) is 0 Å². The van der Waals surface area contributed by atoms with E-state index in [1.54, 1.807) is 23.4 Å². The Hall–Kier alpha value is -2.11. The molecule has 2 saturated heterocycles. The van der Waals surface area contributed by atoms with E-state index in [0.29, 0.717) is 27.3 Å². The standard InChI is InChI=1S/C26H36N4O2S2/c1-5-6-7-8-9-10-13-30-25(32)22(34-26(30)33)16-20-19(3)21(17-27)24(31)28(4)23(20)29-14-11-18(2)12-15-29/h16,18H,5-15H2,1-4H3. The van der Waals surface area contributed by atoms with Crippen LogP contribution in [0.4, 0.5) is 5.82 Å². The number of nitrogens with zero attached hydrogens (tertiary/aromatic N) is 4. The lowest BCUT2D eigenvalue weighted by Gasteiger charge is -2.34. The smallest absolute Gasteiger partial charge is 0.270 e. The van der Waals surface area contributed by atoms with Crippen molar-refractivity contribution in [1.82, 2.24) is 9.47 Å². The highest BCUT2D eigenvalue weighted by molar-refractivity contribution is 8.26. The lowest BCUT2D eigenvalue weighted by atomic mass is 9.97. The van der Waals surface area contributed by atoms with Crippen LogP contribution < -0.4 is 10.5 Å². The minimum absolute atomic E-state index is 0.0754. The topological polar surface area (TPSA) is 69.3 Å². The maximum absolute atomic E-state index is 13.2. The molecule has 0 saturated carbocycles. The number of thiocarbonyl (C=S) groups is 1. The van der Waals surface area contributed by atoms with Gasteiger partial charge in [0.25, 0.3) is 11.5 Å². The fraction of sp³-hybridized carbons (Fsp3) is 0.615. The molecule has 1 aromatic rings. The van der Waals surface area contributed by atoms with Gasteiger partial charge in [-0.2, -0.15) is 5.26 Å². The van der Waals surface area contributed by atoms with Crippen LogP contribution in [0.25, 0.3) is 6.08 Å². The van der Waals surface area contributed by atoms with Crippen LogP contribution in [0.1, 0.15) is 81.9 Å². The van der Waals surface area contributed by atoms with Gasteiger partial charge in [0.05, 0.1) is 4.91 Å². The molecule has 0 atom stereocenters. The molecule has 0 bridgehead atoms. The van der Waals surface area contributed by atoms with Gasteiger partial charge in [0, 0.05) is 32.2 Å². The lowest BCUT2D eigenvalue weighted by Crippen LogP contribution is -2.38. The zero-order valence-electron chi connectivity index (χ0n) is 20.9. The van der Waals surface area contributed by atoms with E-state index < -0.39 is 0 Å². The van der Waals surface area contributed by atoms with Crippen molar-refractivity contribution in [3.8, 4) is 6.07 Å². The Labute approximate surface area is 213 Å². The summed E-state index contributed by atoms with van der Waals surface area (Å²) >= 11 is 6.86. The van der Waals surface area contributed by atoms with Crippen LogP contribution in [-0.2, 0) is 11.8 Å². The van der Waals surface area contributed by atoms with Gasteiger partial charge in [-0.1, -0.05) is 69.9 Å². The number of rotatable bonds is 9. The summed E-state index contributed by atoms with van der Waals surface area (Å²) in [6.45, 7) is 8.59. The predicted molar refractivity (Wildman–Crippen MR) is 145 cm³/mol. The number of pyridine rings is 1. The largest absolute Gasteiger partial charge is 0.357 e. The molecule has 0 spiro atoms. The van der Waals surface area contributed by atoms with Gasteiger partial charge in [0.1, 0.15) is 21.8 Å². The van der Waals surface area contributed by atoms with E-state index in [2.05, 4.69) is 24.8 Å². The first-order valence-electron chi connectivity index (χ1n) is 12.4. The first-order chi connectivity index (χ1) is 16.3. The molecule has 0 N–H and O–H groups in total. The minimum atomic E-state index is -0.290. The molecule has 0 aliphatic carbocycles. The molecule has 3 rings (SSSR count). The van der Waals surface area contributed by atoms with Crippen molar-refractivity contribution in [1.29, 1.82) is 5.26 Å². The van der Waals surface area contributed by atoms with E-state index in [1.165, 1.54) is 37.4 Å². The monoisotopic (exact) mass is 500 g/mol. The Bertz CT molecular complexity index is 1060. The van der Waals surface area contributed by atoms with Crippen LogP contribution in [0, 0.1) is 24.2 Å². The van der Waals surface area contributed by atoms with E-state index >= 15 is 0 Å². The normalized spacial score (nSPS) is 18.3. The van der Waals surface area contributed by atoms with Gasteiger partial charge < -0.3 is 4.90 Å². The van der Waals surface area contributed by atoms with Crippen molar-refractivity contribution in [3.05, 3.63) is 31.9 Å². The maximum Gasteiger partial charge on any atom is 0.270 e. The lowest BCUT2D eigenvalue weighted by molar-refractivity contribution is -0.122. The van der Waals surface area contributed by atoms with Crippen LogP contribution >= 0.6 is 24.0 Å². The number of unbranched alkanes of at least 4 members (excludes halogenated alkanes) is 5. The average molecular weight is 501 g/mol. The molecule has 2 aliphatic rings. The van der Waals surface area contributed by atoms with Crippen molar-refractivity contribution in [2.24, 2.45) is 13.0 Å². The van der Waals surface area contributed by atoms with E-state index in [1.807, 2.05) is 6.08 Å². The van der Waals surface area contributed by atoms with Crippen molar-refractivity contribution in [2.45, 2.75) is 72.1 Å². The summed E-state index contributed by atoms with van der Waals surface area (Å²) < 4.78 is 2.16. The van der Waals surface area contributed by atoms with Crippen LogP contribution in [0.2, 0.25) is 0 Å². The van der Waals surface area contributed by atoms with E-state index in [-0.39, 0.29) is 17.0 Å². The van der Waals surface area contributed by atoms with Crippen LogP contribution in [0.15, 0.2) is 9.70 Å². The van der Waals surface area contributed by atoms with Crippen LogP contribution in [0.3, 0.4) is 0 Å². The van der Waals surface area contributed by atoms with Gasteiger partial charge in [0.2, 0.25) is 0 Å². The summed E-state index contributed by atoms with van der Waals surface area (Å²) in [4.78, 5) is 30.6. The molecule has 0 radical (unpaired) electrons. The van der Waals surface area contributed by atoms with Crippen molar-refractivity contribution in [3.63, 3.8) is 0 Å². The molecular weight excluding hydrogens is 464 g/mol. The number of thioether (sulfide) groups is 1. The Morgan fingerprint density at radius 3 is 2.44 bits per heavy atom. The fourth-order valence-corrected chi connectivity index (χ4v) is 5.98. The molecule has 0 aromatic carbocycles. The second kappa shape index (κ2) is 12.0. The Morgan fingerprint density at radius 2 is 1.79 bits per heavy atom. The second-order valence-corrected chi connectivity index (χ2v) is 11.2. The zero-order valence-corrected chi connectivity index (χ0v) is 22.5. The number of carbonyl (C=O) groups excluding carboxylic acids is 1. The van der Waals surface area contributed by atoms with Gasteiger partial charge in [0.15, 0.2) is 0 Å². The number of nitriles is 1. The van der Waals surface area contributed by atoms with Gasteiger partial charge in [-0.25, -0.2) is 0 Å². The summed E-state index contributed by atoms with van der Waals surface area (Å²) in [6, 6.07) is 2.08. The molecule has 0 unspecified atom stereocenters. The Kier molecular flexibility index (Phi) is 9.38. The third-order valence-electron chi connectivity index (χ3n) is 6.94. The highest BCUT2D eigenvalue weighted by Crippen LogP contribution is 2.36. The second-order valence-electron chi connectivity index (χ2n) is 9.48. The minimum Gasteiger partial charge on any atom is -0.357 e. The van der Waals surface area contributed by atoms with Crippen LogP contribution in [-0.4, -0.2) is 39.3 Å². The summed E-state index contributed by atoms with van der Waals surface area (Å²) in [5.74, 6) is 1.36. The molecule has 1 amide bonds. The zero-order chi connectivity index (χ0) is 24.8. The molecule has 6 nitrogen and oxygen atoms in total. The molecule has 34 heavy (non-hydrogen) atoms. The van der Waals surface area contributed by atoms with E-state index in [4.69, 9.17) is 12.2 Å². The van der Waals surface area contributed by atoms with E-state index in [9.17, 15) is 14.9 Å². The highest BCUT2D eigenvalue weighted by atomic mass is 32.2. The fourth-order valence-electron chi connectivity index (χ4n) is 4.69. The average Bonchev–Trinajstić information content (AvgIpc) is 3.08. The van der Waals surface area contributed by atoms with Crippen molar-refractivity contribution >= 4 is 46.1 Å². The Balaban J connectivity index is 1.90. The third kappa shape index (κ3) is 5.75. The number of hydrogen-bond acceptors (Lipinski definition) is 6. The summed E-state index contributed by atoms with van der Waals surface area (Å²) in [5.41, 5.74) is 1.24. The summed E-state index contributed by atoms with van der Waals surface area (Å²) in [5, 5.41) is 9.66. The van der Waals surface area contributed by atoms with Crippen molar-refractivity contribution < 1.29 is 4.79 Å². The summed E-state index contributed by atoms with van der Waals surface area (Å²) in [6.07, 6.45) is 10.9. The number of piperidine rings is 1. The van der Waals surface area contributed by atoms with Gasteiger partial charge in [-0.3, -0.25) is 19.1 Å². The number of amides is 1. The number of anilines is 1. The maximum atomic E-state index is 13.2.